The first-order valence-electron chi connectivity index (χ1n) is 5.96. The Labute approximate surface area is 109 Å². The molecule has 0 aromatic carbocycles. The normalized spacial score (nSPS) is 24.3. The van der Waals surface area contributed by atoms with E-state index in [2.05, 4.69) is 15.5 Å². The predicted octanol–water partition coefficient (Wildman–Crippen LogP) is 1.94. The van der Waals surface area contributed by atoms with Gasteiger partial charge in [0.25, 0.3) is 0 Å². The summed E-state index contributed by atoms with van der Waals surface area (Å²) in [5.41, 5.74) is 8.25. The molecule has 2 aromatic heterocycles. The van der Waals surface area contributed by atoms with Crippen molar-refractivity contribution in [3.05, 3.63) is 22.2 Å². The van der Waals surface area contributed by atoms with E-state index in [1.54, 1.807) is 11.3 Å². The van der Waals surface area contributed by atoms with Gasteiger partial charge in [0.15, 0.2) is 0 Å². The number of nitrogens with two attached hydrogens (primary N) is 1. The molecule has 0 radical (unpaired) electrons. The molecule has 2 aromatic rings. The average Bonchev–Trinajstić information content (AvgIpc) is 2.98. The van der Waals surface area contributed by atoms with Gasteiger partial charge in [0.1, 0.15) is 0 Å². The summed E-state index contributed by atoms with van der Waals surface area (Å²) in [7, 11) is 0. The zero-order valence-corrected chi connectivity index (χ0v) is 10.9. The molecule has 1 fully saturated rings. The van der Waals surface area contributed by atoms with Crippen LogP contribution in [0.25, 0.3) is 11.4 Å². The van der Waals surface area contributed by atoms with Crippen LogP contribution in [0.1, 0.15) is 23.8 Å². The van der Waals surface area contributed by atoms with E-state index in [0.717, 1.165) is 17.5 Å². The van der Waals surface area contributed by atoms with Crippen molar-refractivity contribution >= 4 is 11.3 Å². The van der Waals surface area contributed by atoms with E-state index in [0.29, 0.717) is 24.9 Å². The lowest BCUT2D eigenvalue weighted by Gasteiger charge is -2.25. The predicted molar refractivity (Wildman–Crippen MR) is 68.5 cm³/mol. The Bertz CT molecular complexity index is 537. The topological polar surface area (TPSA) is 74.2 Å². The standard InChI is InChI=1S/C12H15N3O2S/c1-7-5-18-6-9(7)11-14-12(17-15-11)8-4-16-3-2-10(8)13/h5-6,8,10H,2-4,13H2,1H3. The van der Waals surface area contributed by atoms with Gasteiger partial charge >= 0.3 is 0 Å². The van der Waals surface area contributed by atoms with Gasteiger partial charge in [-0.25, -0.2) is 0 Å². The molecule has 96 valence electrons. The van der Waals surface area contributed by atoms with Gasteiger partial charge in [0, 0.05) is 23.6 Å². The van der Waals surface area contributed by atoms with Crippen molar-refractivity contribution in [3.63, 3.8) is 0 Å². The molecular weight excluding hydrogens is 250 g/mol. The highest BCUT2D eigenvalue weighted by Crippen LogP contribution is 2.28. The van der Waals surface area contributed by atoms with E-state index in [1.807, 2.05) is 12.3 Å². The van der Waals surface area contributed by atoms with Gasteiger partial charge in [-0.05, 0) is 24.3 Å². The molecule has 1 saturated heterocycles. The Morgan fingerprint density at radius 3 is 3.06 bits per heavy atom. The molecule has 0 aliphatic carbocycles. The quantitative estimate of drug-likeness (QED) is 0.898. The number of hydrogen-bond donors (Lipinski definition) is 1. The van der Waals surface area contributed by atoms with Crippen LogP contribution in [0.5, 0.6) is 0 Å². The van der Waals surface area contributed by atoms with Crippen LogP contribution < -0.4 is 5.73 Å². The lowest BCUT2D eigenvalue weighted by molar-refractivity contribution is 0.0590. The lowest BCUT2D eigenvalue weighted by Crippen LogP contribution is -2.37. The van der Waals surface area contributed by atoms with Gasteiger partial charge in [-0.1, -0.05) is 5.16 Å². The van der Waals surface area contributed by atoms with Crippen LogP contribution in [0, 0.1) is 6.92 Å². The SMILES string of the molecule is Cc1cscc1-c1noc(C2COCCC2N)n1. The third kappa shape index (κ3) is 2.07. The van der Waals surface area contributed by atoms with Crippen molar-refractivity contribution < 1.29 is 9.26 Å². The van der Waals surface area contributed by atoms with Crippen LogP contribution in [0.2, 0.25) is 0 Å². The molecule has 18 heavy (non-hydrogen) atoms. The zero-order chi connectivity index (χ0) is 12.5. The first-order chi connectivity index (χ1) is 8.75. The third-order valence-electron chi connectivity index (χ3n) is 3.27. The first-order valence-corrected chi connectivity index (χ1v) is 6.90. The van der Waals surface area contributed by atoms with E-state index in [9.17, 15) is 0 Å². The highest BCUT2D eigenvalue weighted by molar-refractivity contribution is 7.08. The van der Waals surface area contributed by atoms with E-state index < -0.39 is 0 Å². The average molecular weight is 265 g/mol. The molecule has 2 atom stereocenters. The maximum Gasteiger partial charge on any atom is 0.233 e. The van der Waals surface area contributed by atoms with Crippen molar-refractivity contribution in [3.8, 4) is 11.4 Å². The maximum absolute atomic E-state index is 6.06. The van der Waals surface area contributed by atoms with E-state index in [-0.39, 0.29) is 12.0 Å². The fraction of sp³-hybridized carbons (Fsp3) is 0.500. The molecular formula is C12H15N3O2S. The highest BCUT2D eigenvalue weighted by atomic mass is 32.1. The molecule has 1 aliphatic rings. The summed E-state index contributed by atoms with van der Waals surface area (Å²) in [5, 5.41) is 8.14. The molecule has 0 amide bonds. The number of nitrogens with zero attached hydrogens (tertiary/aromatic N) is 2. The second-order valence-electron chi connectivity index (χ2n) is 4.56. The molecule has 3 heterocycles. The maximum atomic E-state index is 6.06. The van der Waals surface area contributed by atoms with Gasteiger partial charge in [-0.15, -0.1) is 0 Å². The van der Waals surface area contributed by atoms with Gasteiger partial charge in [0.2, 0.25) is 11.7 Å². The zero-order valence-electron chi connectivity index (χ0n) is 10.1. The van der Waals surface area contributed by atoms with E-state index in [1.165, 1.54) is 0 Å². The van der Waals surface area contributed by atoms with Gasteiger partial charge < -0.3 is 15.0 Å². The van der Waals surface area contributed by atoms with E-state index in [4.69, 9.17) is 15.0 Å². The molecule has 0 saturated carbocycles. The smallest absolute Gasteiger partial charge is 0.233 e. The summed E-state index contributed by atoms with van der Waals surface area (Å²) in [6.07, 6.45) is 0.833. The fourth-order valence-electron chi connectivity index (χ4n) is 2.09. The second-order valence-corrected chi connectivity index (χ2v) is 5.30. The summed E-state index contributed by atoms with van der Waals surface area (Å²) in [6.45, 7) is 3.31. The summed E-state index contributed by atoms with van der Waals surface area (Å²) in [4.78, 5) is 4.46. The number of aromatic nitrogens is 2. The Morgan fingerprint density at radius 2 is 2.33 bits per heavy atom. The monoisotopic (exact) mass is 265 g/mol. The molecule has 0 spiro atoms. The second kappa shape index (κ2) is 4.79. The van der Waals surface area contributed by atoms with Crippen molar-refractivity contribution in [2.75, 3.05) is 13.2 Å². The van der Waals surface area contributed by atoms with Crippen LogP contribution in [0.4, 0.5) is 0 Å². The van der Waals surface area contributed by atoms with Crippen molar-refractivity contribution in [2.45, 2.75) is 25.3 Å². The lowest BCUT2D eigenvalue weighted by atomic mass is 9.97. The van der Waals surface area contributed by atoms with Gasteiger partial charge in [-0.2, -0.15) is 16.3 Å². The molecule has 3 rings (SSSR count). The Morgan fingerprint density at radius 1 is 1.44 bits per heavy atom. The van der Waals surface area contributed by atoms with Crippen LogP contribution in [-0.2, 0) is 4.74 Å². The minimum Gasteiger partial charge on any atom is -0.381 e. The number of ether oxygens (including phenoxy) is 1. The highest BCUT2D eigenvalue weighted by Gasteiger charge is 2.29. The first kappa shape index (κ1) is 11.8. The summed E-state index contributed by atoms with van der Waals surface area (Å²) >= 11 is 1.64. The number of rotatable bonds is 2. The largest absolute Gasteiger partial charge is 0.381 e. The molecule has 0 bridgehead atoms. The number of thiophene rings is 1. The minimum atomic E-state index is 0.0129. The van der Waals surface area contributed by atoms with Crippen molar-refractivity contribution in [1.29, 1.82) is 0 Å². The Balaban J connectivity index is 1.87. The molecule has 2 unspecified atom stereocenters. The minimum absolute atomic E-state index is 0.0129. The van der Waals surface area contributed by atoms with Gasteiger partial charge in [-0.3, -0.25) is 0 Å². The van der Waals surface area contributed by atoms with Crippen molar-refractivity contribution in [2.24, 2.45) is 5.73 Å². The summed E-state index contributed by atoms with van der Waals surface area (Å²) in [5.74, 6) is 1.24. The van der Waals surface area contributed by atoms with Crippen LogP contribution in [0.15, 0.2) is 15.3 Å². The van der Waals surface area contributed by atoms with Crippen LogP contribution in [0.3, 0.4) is 0 Å². The Hall–Kier alpha value is -1.24. The van der Waals surface area contributed by atoms with E-state index >= 15 is 0 Å². The number of aryl methyl sites for hydroxylation is 1. The van der Waals surface area contributed by atoms with Crippen molar-refractivity contribution in [1.82, 2.24) is 10.1 Å². The number of hydrogen-bond acceptors (Lipinski definition) is 6. The summed E-state index contributed by atoms with van der Waals surface area (Å²) < 4.78 is 10.8. The molecule has 2 N–H and O–H groups in total. The molecule has 5 nitrogen and oxygen atoms in total. The van der Waals surface area contributed by atoms with Gasteiger partial charge in [0.05, 0.1) is 12.5 Å². The Kier molecular flexibility index (Phi) is 3.15. The third-order valence-corrected chi connectivity index (χ3v) is 4.13. The molecule has 1 aliphatic heterocycles. The fourth-order valence-corrected chi connectivity index (χ4v) is 2.92. The molecule has 6 heteroatoms. The van der Waals surface area contributed by atoms with Crippen LogP contribution in [-0.4, -0.2) is 29.4 Å². The van der Waals surface area contributed by atoms with Crippen LogP contribution >= 0.6 is 11.3 Å². The summed E-state index contributed by atoms with van der Waals surface area (Å²) in [6, 6.07) is 0.0376.